The van der Waals surface area contributed by atoms with Crippen molar-refractivity contribution in [1.82, 2.24) is 9.78 Å². The van der Waals surface area contributed by atoms with Gasteiger partial charge in [-0.2, -0.15) is 23.0 Å². The highest BCUT2D eigenvalue weighted by atomic mass is 35.5. The fourth-order valence-electron chi connectivity index (χ4n) is 2.22. The van der Waals surface area contributed by atoms with Crippen LogP contribution in [0.25, 0.3) is 11.8 Å². The fraction of sp³-hybridized carbons (Fsp3) is 0.235. The molecule has 2 aromatic rings. The summed E-state index contributed by atoms with van der Waals surface area (Å²) in [6.45, 7) is 2.58. The van der Waals surface area contributed by atoms with Crippen molar-refractivity contribution in [2.45, 2.75) is 20.0 Å². The van der Waals surface area contributed by atoms with Gasteiger partial charge in [-0.15, -0.1) is 0 Å². The first-order valence-electron chi connectivity index (χ1n) is 7.67. The molecule has 28 heavy (non-hydrogen) atoms. The molecule has 0 aliphatic rings. The summed E-state index contributed by atoms with van der Waals surface area (Å²) in [4.78, 5) is 23.9. The van der Waals surface area contributed by atoms with Crippen LogP contribution in [-0.4, -0.2) is 22.4 Å². The molecule has 0 spiro atoms. The van der Waals surface area contributed by atoms with Crippen LogP contribution in [0.1, 0.15) is 23.6 Å². The highest BCUT2D eigenvalue weighted by Gasteiger charge is 2.34. The molecule has 0 saturated heterocycles. The lowest BCUT2D eigenvalue weighted by atomic mass is 10.1. The molecule has 0 amide bonds. The molecule has 0 aliphatic carbocycles. The third-order valence-electron chi connectivity index (χ3n) is 3.57. The average Bonchev–Trinajstić information content (AvgIpc) is 2.59. The van der Waals surface area contributed by atoms with Gasteiger partial charge in [0.1, 0.15) is 10.7 Å². The van der Waals surface area contributed by atoms with Crippen LogP contribution in [0.3, 0.4) is 0 Å². The fourth-order valence-corrected chi connectivity index (χ4v) is 2.60. The summed E-state index contributed by atoms with van der Waals surface area (Å²) in [7, 11) is 0. The Morgan fingerprint density at radius 1 is 1.36 bits per heavy atom. The van der Waals surface area contributed by atoms with Crippen LogP contribution in [0.4, 0.5) is 17.6 Å². The molecule has 2 rings (SSSR count). The van der Waals surface area contributed by atoms with Gasteiger partial charge in [-0.25, -0.2) is 9.18 Å². The minimum absolute atomic E-state index is 0.0300. The van der Waals surface area contributed by atoms with E-state index in [1.165, 1.54) is 0 Å². The molecule has 0 fully saturated rings. The molecular weight excluding hydrogens is 427 g/mol. The molecule has 150 valence electrons. The predicted molar refractivity (Wildman–Crippen MR) is 95.0 cm³/mol. The van der Waals surface area contributed by atoms with Crippen LogP contribution in [0, 0.1) is 12.7 Å². The highest BCUT2D eigenvalue weighted by molar-refractivity contribution is 6.43. The van der Waals surface area contributed by atoms with Gasteiger partial charge in [-0.05, 0) is 37.6 Å². The molecule has 0 radical (unpaired) electrons. The van der Waals surface area contributed by atoms with Gasteiger partial charge in [0.2, 0.25) is 0 Å². The van der Waals surface area contributed by atoms with Crippen molar-refractivity contribution in [3.05, 3.63) is 61.2 Å². The molecule has 0 N–H and O–H groups in total. The number of halogens is 6. The summed E-state index contributed by atoms with van der Waals surface area (Å²) in [5.41, 5.74) is -3.48. The van der Waals surface area contributed by atoms with E-state index < -0.39 is 40.3 Å². The average molecular weight is 439 g/mol. The summed E-state index contributed by atoms with van der Waals surface area (Å²) in [6.07, 6.45) is -3.28. The first kappa shape index (κ1) is 21.9. The zero-order valence-corrected chi connectivity index (χ0v) is 15.9. The van der Waals surface area contributed by atoms with Crippen LogP contribution >= 0.6 is 23.2 Å². The van der Waals surface area contributed by atoms with Crippen LogP contribution in [0.5, 0.6) is 0 Å². The number of hydrogen-bond donors (Lipinski definition) is 0. The minimum atomic E-state index is -4.78. The maximum Gasteiger partial charge on any atom is 0.418 e. The van der Waals surface area contributed by atoms with Crippen molar-refractivity contribution in [2.24, 2.45) is 0 Å². The quantitative estimate of drug-likeness (QED) is 0.400. The SMILES string of the molecule is CCOC(=O)/C(Cl)=C/c1cc(-n2ncc(C(F)(F)F)c(C)c2=O)c(F)cc1Cl. The van der Waals surface area contributed by atoms with Gasteiger partial charge in [-0.3, -0.25) is 4.79 Å². The lowest BCUT2D eigenvalue weighted by Crippen LogP contribution is -2.28. The van der Waals surface area contributed by atoms with E-state index in [4.69, 9.17) is 27.9 Å². The number of nitrogens with zero attached hydrogens (tertiary/aromatic N) is 2. The van der Waals surface area contributed by atoms with E-state index in [0.29, 0.717) is 10.9 Å². The number of aromatic nitrogens is 2. The van der Waals surface area contributed by atoms with Crippen LogP contribution < -0.4 is 5.56 Å². The molecule has 0 atom stereocenters. The lowest BCUT2D eigenvalue weighted by Gasteiger charge is -2.13. The molecule has 11 heteroatoms. The number of benzene rings is 1. The van der Waals surface area contributed by atoms with E-state index in [2.05, 4.69) is 5.10 Å². The monoisotopic (exact) mass is 438 g/mol. The third kappa shape index (κ3) is 4.53. The van der Waals surface area contributed by atoms with Gasteiger partial charge in [0.15, 0.2) is 5.82 Å². The zero-order chi connectivity index (χ0) is 21.2. The Kier molecular flexibility index (Phi) is 6.51. The van der Waals surface area contributed by atoms with E-state index in [1.54, 1.807) is 6.92 Å². The first-order valence-corrected chi connectivity index (χ1v) is 8.42. The second-order valence-corrected chi connectivity index (χ2v) is 6.25. The number of rotatable bonds is 4. The van der Waals surface area contributed by atoms with Crippen molar-refractivity contribution in [3.8, 4) is 5.69 Å². The van der Waals surface area contributed by atoms with E-state index in [0.717, 1.165) is 25.1 Å². The van der Waals surface area contributed by atoms with E-state index >= 15 is 0 Å². The van der Waals surface area contributed by atoms with E-state index in [1.807, 2.05) is 0 Å². The van der Waals surface area contributed by atoms with Gasteiger partial charge in [0.25, 0.3) is 5.56 Å². The smallest absolute Gasteiger partial charge is 0.418 e. The molecule has 0 bridgehead atoms. The number of ether oxygens (including phenoxy) is 1. The Balaban J connectivity index is 2.63. The van der Waals surface area contributed by atoms with Gasteiger partial charge >= 0.3 is 12.1 Å². The summed E-state index contributed by atoms with van der Waals surface area (Å²) in [5.74, 6) is -1.87. The Bertz CT molecular complexity index is 1020. The number of carbonyl (C=O) groups is 1. The molecule has 1 aromatic heterocycles. The van der Waals surface area contributed by atoms with Crippen LogP contribution in [0.2, 0.25) is 5.02 Å². The summed E-state index contributed by atoms with van der Waals surface area (Å²) >= 11 is 11.7. The summed E-state index contributed by atoms with van der Waals surface area (Å²) in [5, 5.41) is 2.88. The Morgan fingerprint density at radius 2 is 2.00 bits per heavy atom. The number of hydrogen-bond acceptors (Lipinski definition) is 4. The Hall–Kier alpha value is -2.39. The molecule has 5 nitrogen and oxygen atoms in total. The molecule has 0 aliphatic heterocycles. The maximum atomic E-state index is 14.3. The predicted octanol–water partition coefficient (Wildman–Crippen LogP) is 4.50. The van der Waals surface area contributed by atoms with Crippen molar-refractivity contribution >= 4 is 35.2 Å². The Labute approximate surface area is 166 Å². The number of esters is 1. The molecular formula is C17H12Cl2F4N2O3. The normalized spacial score (nSPS) is 12.2. The van der Waals surface area contributed by atoms with E-state index in [-0.39, 0.29) is 22.2 Å². The summed E-state index contributed by atoms with van der Waals surface area (Å²) in [6, 6.07) is 1.85. The molecule has 1 aromatic carbocycles. The molecule has 0 unspecified atom stereocenters. The van der Waals surface area contributed by atoms with Gasteiger partial charge in [-0.1, -0.05) is 23.2 Å². The largest absolute Gasteiger partial charge is 0.462 e. The van der Waals surface area contributed by atoms with Gasteiger partial charge in [0.05, 0.1) is 23.4 Å². The maximum absolute atomic E-state index is 14.3. The topological polar surface area (TPSA) is 61.2 Å². The van der Waals surface area contributed by atoms with Gasteiger partial charge < -0.3 is 4.74 Å². The third-order valence-corrected chi connectivity index (χ3v) is 4.16. The number of alkyl halides is 3. The van der Waals surface area contributed by atoms with E-state index in [9.17, 15) is 27.2 Å². The first-order chi connectivity index (χ1) is 13.0. The van der Waals surface area contributed by atoms with Crippen LogP contribution in [0.15, 0.2) is 28.2 Å². The number of carbonyl (C=O) groups excluding carboxylic acids is 1. The second kappa shape index (κ2) is 8.32. The zero-order valence-electron chi connectivity index (χ0n) is 14.4. The minimum Gasteiger partial charge on any atom is -0.462 e. The summed E-state index contributed by atoms with van der Waals surface area (Å²) < 4.78 is 58.2. The standard InChI is InChI=1S/C17H12Cl2F4N2O3/c1-3-28-16(27)12(19)4-9-5-14(13(20)6-11(9)18)25-15(26)8(2)10(7-24-25)17(21,22)23/h4-7H,3H2,1-2H3/b12-4-. The lowest BCUT2D eigenvalue weighted by molar-refractivity contribution is -0.139. The van der Waals surface area contributed by atoms with Gasteiger partial charge in [0, 0.05) is 5.56 Å². The van der Waals surface area contributed by atoms with Crippen molar-refractivity contribution in [3.63, 3.8) is 0 Å². The Morgan fingerprint density at radius 3 is 2.57 bits per heavy atom. The van der Waals surface area contributed by atoms with Crippen molar-refractivity contribution < 1.29 is 27.1 Å². The second-order valence-electron chi connectivity index (χ2n) is 5.44. The van der Waals surface area contributed by atoms with Crippen molar-refractivity contribution in [2.75, 3.05) is 6.61 Å². The molecule has 1 heterocycles. The van der Waals surface area contributed by atoms with Crippen LogP contribution in [-0.2, 0) is 15.7 Å². The van der Waals surface area contributed by atoms with Crippen molar-refractivity contribution in [1.29, 1.82) is 0 Å². The highest BCUT2D eigenvalue weighted by Crippen LogP contribution is 2.30. The molecule has 0 saturated carbocycles.